The van der Waals surface area contributed by atoms with Crippen LogP contribution in [0.5, 0.6) is 0 Å². The van der Waals surface area contributed by atoms with Gasteiger partial charge in [0.1, 0.15) is 5.41 Å². The van der Waals surface area contributed by atoms with Crippen LogP contribution in [0.25, 0.3) is 0 Å². The standard InChI is InChI=1S/C15H12O5/c1-15(10-6-7-11(16)20-14(10)19)12(17)8-4-2-3-5-9(8)13(15)18/h2-5,10H,6-7H2,1H3. The molecule has 5 nitrogen and oxygen atoms in total. The summed E-state index contributed by atoms with van der Waals surface area (Å²) >= 11 is 0. The van der Waals surface area contributed by atoms with Crippen LogP contribution in [0.1, 0.15) is 40.5 Å². The lowest BCUT2D eigenvalue weighted by Gasteiger charge is -2.31. The van der Waals surface area contributed by atoms with E-state index < -0.39 is 23.3 Å². The molecule has 3 rings (SSSR count). The highest BCUT2D eigenvalue weighted by molar-refractivity contribution is 6.30. The van der Waals surface area contributed by atoms with Gasteiger partial charge in [-0.3, -0.25) is 19.2 Å². The summed E-state index contributed by atoms with van der Waals surface area (Å²) in [5, 5.41) is 0. The van der Waals surface area contributed by atoms with E-state index in [1.807, 2.05) is 0 Å². The number of fused-ring (bicyclic) bond motifs is 1. The summed E-state index contributed by atoms with van der Waals surface area (Å²) in [7, 11) is 0. The first-order chi connectivity index (χ1) is 9.46. The van der Waals surface area contributed by atoms with Gasteiger partial charge in [-0.1, -0.05) is 24.3 Å². The second-order valence-electron chi connectivity index (χ2n) is 5.29. The van der Waals surface area contributed by atoms with Crippen molar-refractivity contribution in [1.82, 2.24) is 0 Å². The second kappa shape index (κ2) is 4.10. The quantitative estimate of drug-likeness (QED) is 0.572. The van der Waals surface area contributed by atoms with Crippen molar-refractivity contribution >= 4 is 23.5 Å². The van der Waals surface area contributed by atoms with Crippen molar-refractivity contribution in [2.75, 3.05) is 0 Å². The Hall–Kier alpha value is -2.30. The summed E-state index contributed by atoms with van der Waals surface area (Å²) in [6.45, 7) is 1.47. The fourth-order valence-corrected chi connectivity index (χ4v) is 3.00. The average molecular weight is 272 g/mol. The van der Waals surface area contributed by atoms with Crippen molar-refractivity contribution in [2.24, 2.45) is 11.3 Å². The zero-order valence-corrected chi connectivity index (χ0v) is 10.8. The molecule has 0 aromatic heterocycles. The van der Waals surface area contributed by atoms with Crippen LogP contribution in [0.15, 0.2) is 24.3 Å². The molecule has 102 valence electrons. The molecule has 5 heteroatoms. The predicted octanol–water partition coefficient (Wildman–Crippen LogP) is 1.55. The first-order valence-electron chi connectivity index (χ1n) is 6.39. The minimum absolute atomic E-state index is 0.0445. The lowest BCUT2D eigenvalue weighted by molar-refractivity contribution is -0.169. The van der Waals surface area contributed by atoms with Gasteiger partial charge in [-0.15, -0.1) is 0 Å². The van der Waals surface area contributed by atoms with Gasteiger partial charge in [-0.25, -0.2) is 0 Å². The highest BCUT2D eigenvalue weighted by Gasteiger charge is 2.57. The maximum absolute atomic E-state index is 12.5. The van der Waals surface area contributed by atoms with Crippen LogP contribution in [0.3, 0.4) is 0 Å². The van der Waals surface area contributed by atoms with E-state index in [4.69, 9.17) is 0 Å². The zero-order valence-electron chi connectivity index (χ0n) is 10.8. The summed E-state index contributed by atoms with van der Waals surface area (Å²) in [6, 6.07) is 6.53. The molecular formula is C15H12O5. The summed E-state index contributed by atoms with van der Waals surface area (Å²) < 4.78 is 4.59. The number of cyclic esters (lactones) is 2. The fraction of sp³-hybridized carbons (Fsp3) is 0.333. The Kier molecular flexibility index (Phi) is 2.61. The lowest BCUT2D eigenvalue weighted by Crippen LogP contribution is -2.45. The molecular weight excluding hydrogens is 260 g/mol. The molecule has 1 aliphatic carbocycles. The summed E-state index contributed by atoms with van der Waals surface area (Å²) in [4.78, 5) is 48.1. The van der Waals surface area contributed by atoms with Crippen LogP contribution in [-0.2, 0) is 14.3 Å². The number of carbonyl (C=O) groups is 4. The Morgan fingerprint density at radius 3 is 2.10 bits per heavy atom. The molecule has 20 heavy (non-hydrogen) atoms. The van der Waals surface area contributed by atoms with Gasteiger partial charge in [0.05, 0.1) is 5.92 Å². The van der Waals surface area contributed by atoms with E-state index in [-0.39, 0.29) is 24.4 Å². The number of hydrogen-bond donors (Lipinski definition) is 0. The van der Waals surface area contributed by atoms with E-state index in [1.54, 1.807) is 24.3 Å². The number of carbonyl (C=O) groups excluding carboxylic acids is 4. The third-order valence-corrected chi connectivity index (χ3v) is 4.19. The van der Waals surface area contributed by atoms with Gasteiger partial charge in [0.15, 0.2) is 11.6 Å². The fourth-order valence-electron chi connectivity index (χ4n) is 3.00. The molecule has 1 saturated heterocycles. The number of Topliss-reactive ketones (excluding diaryl/α,β-unsaturated/α-hetero) is 2. The van der Waals surface area contributed by atoms with Crippen LogP contribution in [-0.4, -0.2) is 23.5 Å². The molecule has 1 aromatic carbocycles. The number of hydrogen-bond acceptors (Lipinski definition) is 5. The van der Waals surface area contributed by atoms with Crippen molar-refractivity contribution in [3.63, 3.8) is 0 Å². The van der Waals surface area contributed by atoms with Gasteiger partial charge in [-0.05, 0) is 13.3 Å². The summed E-state index contributed by atoms with van der Waals surface area (Å²) in [6.07, 6.45) is 0.211. The molecule has 1 fully saturated rings. The largest absolute Gasteiger partial charge is 0.393 e. The van der Waals surface area contributed by atoms with E-state index in [0.29, 0.717) is 11.1 Å². The van der Waals surface area contributed by atoms with Crippen molar-refractivity contribution in [3.8, 4) is 0 Å². The molecule has 1 aliphatic heterocycles. The number of ether oxygens (including phenoxy) is 1. The Labute approximate surface area is 114 Å². The minimum Gasteiger partial charge on any atom is -0.393 e. The van der Waals surface area contributed by atoms with Crippen LogP contribution in [0.2, 0.25) is 0 Å². The topological polar surface area (TPSA) is 77.5 Å². The van der Waals surface area contributed by atoms with Crippen LogP contribution in [0, 0.1) is 11.3 Å². The number of esters is 2. The van der Waals surface area contributed by atoms with Gasteiger partial charge in [-0.2, -0.15) is 0 Å². The normalized spacial score (nSPS) is 24.6. The molecule has 0 saturated carbocycles. The third-order valence-electron chi connectivity index (χ3n) is 4.19. The second-order valence-corrected chi connectivity index (χ2v) is 5.29. The number of rotatable bonds is 1. The van der Waals surface area contributed by atoms with Gasteiger partial charge in [0.25, 0.3) is 0 Å². The van der Waals surface area contributed by atoms with E-state index in [1.165, 1.54) is 6.92 Å². The highest BCUT2D eigenvalue weighted by atomic mass is 16.6. The van der Waals surface area contributed by atoms with Crippen LogP contribution in [0.4, 0.5) is 0 Å². The number of ketones is 2. The van der Waals surface area contributed by atoms with Crippen LogP contribution < -0.4 is 0 Å². The first-order valence-corrected chi connectivity index (χ1v) is 6.39. The Bertz CT molecular complexity index is 623. The predicted molar refractivity (Wildman–Crippen MR) is 67.0 cm³/mol. The van der Waals surface area contributed by atoms with Gasteiger partial charge < -0.3 is 4.74 Å². The zero-order chi connectivity index (χ0) is 14.5. The molecule has 1 aromatic rings. The van der Waals surface area contributed by atoms with Gasteiger partial charge in [0, 0.05) is 17.5 Å². The Morgan fingerprint density at radius 2 is 1.60 bits per heavy atom. The van der Waals surface area contributed by atoms with E-state index >= 15 is 0 Å². The van der Waals surface area contributed by atoms with E-state index in [0.717, 1.165) is 0 Å². The van der Waals surface area contributed by atoms with Crippen molar-refractivity contribution in [3.05, 3.63) is 35.4 Å². The molecule has 0 spiro atoms. The lowest BCUT2D eigenvalue weighted by atomic mass is 9.70. The van der Waals surface area contributed by atoms with E-state index in [2.05, 4.69) is 4.74 Å². The SMILES string of the molecule is CC1(C2CCC(=O)OC2=O)C(=O)c2ccccc2C1=O. The molecule has 0 N–H and O–H groups in total. The Morgan fingerprint density at radius 1 is 1.05 bits per heavy atom. The summed E-state index contributed by atoms with van der Waals surface area (Å²) in [5.41, 5.74) is -0.782. The Balaban J connectivity index is 2.06. The van der Waals surface area contributed by atoms with Crippen molar-refractivity contribution in [1.29, 1.82) is 0 Å². The number of benzene rings is 1. The molecule has 0 radical (unpaired) electrons. The first kappa shape index (κ1) is 12.7. The molecule has 2 aliphatic rings. The van der Waals surface area contributed by atoms with Crippen LogP contribution >= 0.6 is 0 Å². The average Bonchev–Trinajstić information content (AvgIpc) is 2.62. The molecule has 0 bridgehead atoms. The van der Waals surface area contributed by atoms with Gasteiger partial charge in [0.2, 0.25) is 0 Å². The molecule has 0 amide bonds. The smallest absolute Gasteiger partial charge is 0.318 e. The van der Waals surface area contributed by atoms with Crippen molar-refractivity contribution < 1.29 is 23.9 Å². The molecule has 1 unspecified atom stereocenters. The van der Waals surface area contributed by atoms with E-state index in [9.17, 15) is 19.2 Å². The minimum atomic E-state index is -1.46. The monoisotopic (exact) mass is 272 g/mol. The maximum atomic E-state index is 12.5. The summed E-state index contributed by atoms with van der Waals surface area (Å²) in [5.74, 6) is -3.01. The van der Waals surface area contributed by atoms with Crippen molar-refractivity contribution in [2.45, 2.75) is 19.8 Å². The third kappa shape index (κ3) is 1.49. The maximum Gasteiger partial charge on any atom is 0.318 e. The molecule has 1 heterocycles. The highest BCUT2D eigenvalue weighted by Crippen LogP contribution is 2.45. The van der Waals surface area contributed by atoms with Gasteiger partial charge >= 0.3 is 11.9 Å². The molecule has 1 atom stereocenters.